The lowest BCUT2D eigenvalue weighted by Gasteiger charge is -2.33. The van der Waals surface area contributed by atoms with E-state index in [-0.39, 0.29) is 42.6 Å². The minimum Gasteiger partial charge on any atom is -0.484 e. The molecule has 4 heterocycles. The lowest BCUT2D eigenvalue weighted by atomic mass is 9.88. The van der Waals surface area contributed by atoms with Crippen LogP contribution in [0.5, 0.6) is 5.75 Å². The molecule has 2 fully saturated rings. The topological polar surface area (TPSA) is 139 Å². The van der Waals surface area contributed by atoms with Crippen molar-refractivity contribution in [2.75, 3.05) is 18.1 Å². The van der Waals surface area contributed by atoms with Gasteiger partial charge in [0.05, 0.1) is 47.0 Å². The van der Waals surface area contributed by atoms with Gasteiger partial charge < -0.3 is 19.4 Å². The van der Waals surface area contributed by atoms with Crippen LogP contribution in [-0.4, -0.2) is 57.8 Å². The highest BCUT2D eigenvalue weighted by Gasteiger charge is 2.46. The first-order chi connectivity index (χ1) is 18.0. The van der Waals surface area contributed by atoms with Gasteiger partial charge in [-0.2, -0.15) is 5.26 Å². The Morgan fingerprint density at radius 3 is 2.92 bits per heavy atom. The van der Waals surface area contributed by atoms with Gasteiger partial charge in [0, 0.05) is 25.6 Å². The zero-order chi connectivity index (χ0) is 25.5. The van der Waals surface area contributed by atoms with Crippen molar-refractivity contribution in [2.45, 2.75) is 50.4 Å². The van der Waals surface area contributed by atoms with Crippen LogP contribution >= 0.6 is 0 Å². The summed E-state index contributed by atoms with van der Waals surface area (Å²) < 4.78 is 12.7. The molecule has 2 aliphatic heterocycles. The highest BCUT2D eigenvalue weighted by Crippen LogP contribution is 2.36. The number of hydrogen-bond acceptors (Lipinski definition) is 9. The number of ketones is 1. The van der Waals surface area contributed by atoms with Crippen LogP contribution in [0.15, 0.2) is 41.3 Å². The number of anilines is 1. The summed E-state index contributed by atoms with van der Waals surface area (Å²) in [5.74, 6) is 1.00. The van der Waals surface area contributed by atoms with Crippen LogP contribution in [-0.2, 0) is 22.5 Å². The number of ether oxygens (including phenoxy) is 2. The number of fused-ring (bicyclic) bond motifs is 3. The number of nitrogens with zero attached hydrogens (tertiary/aromatic N) is 5. The number of aromatic nitrogens is 3. The van der Waals surface area contributed by atoms with Crippen LogP contribution in [0.1, 0.15) is 30.5 Å². The molecular formula is C26H24N6O5. The lowest BCUT2D eigenvalue weighted by molar-refractivity contribution is -0.121. The Kier molecular flexibility index (Phi) is 5.81. The fraction of sp³-hybridized carbons (Fsp3) is 0.385. The summed E-state index contributed by atoms with van der Waals surface area (Å²) in [5.41, 5.74) is 2.07. The predicted octanol–water partition coefficient (Wildman–Crippen LogP) is 1.70. The first kappa shape index (κ1) is 23.1. The summed E-state index contributed by atoms with van der Waals surface area (Å²) in [6, 6.07) is 10.7. The van der Waals surface area contributed by atoms with Crippen LogP contribution in [0.4, 0.5) is 10.6 Å². The van der Waals surface area contributed by atoms with E-state index < -0.39 is 6.09 Å². The van der Waals surface area contributed by atoms with Gasteiger partial charge in [0.2, 0.25) is 0 Å². The van der Waals surface area contributed by atoms with E-state index in [0.717, 1.165) is 12.8 Å². The molecule has 1 saturated carbocycles. The van der Waals surface area contributed by atoms with Crippen LogP contribution < -0.4 is 20.5 Å². The van der Waals surface area contributed by atoms with Gasteiger partial charge in [-0.25, -0.2) is 14.8 Å². The van der Waals surface area contributed by atoms with Gasteiger partial charge in [-0.15, -0.1) is 0 Å². The fourth-order valence-corrected chi connectivity index (χ4v) is 5.41. The fourth-order valence-electron chi connectivity index (χ4n) is 5.41. The van der Waals surface area contributed by atoms with Crippen molar-refractivity contribution in [1.82, 2.24) is 19.9 Å². The number of carbonyl (C=O) groups excluding carboxylic acids is 2. The van der Waals surface area contributed by atoms with Gasteiger partial charge in [-0.05, 0) is 43.2 Å². The Labute approximate surface area is 211 Å². The highest BCUT2D eigenvalue weighted by atomic mass is 16.6. The Hall–Kier alpha value is -4.30. The van der Waals surface area contributed by atoms with Gasteiger partial charge >= 0.3 is 6.09 Å². The molecule has 2 aromatic heterocycles. The molecule has 3 atom stereocenters. The van der Waals surface area contributed by atoms with E-state index in [0.29, 0.717) is 53.4 Å². The number of nitriles is 1. The standard InChI is InChI=1S/C26H24N6O5/c27-12-15-1-3-18-21(9-15)31(25(34)13-29-18)8-7-28-16-2-4-20-23(10-16)37-26(35)32(20)24-6-5-22-19(30-24)11-17(33)14-36-22/h1,3,5-6,9,13,16,20,23,28H,2,4,7-8,10-11,14H2/t16-,20-,23-/m1/s1. The molecule has 1 N–H and O–H groups in total. The number of nitrogens with one attached hydrogen (secondary N) is 1. The number of carbonyl (C=O) groups is 2. The number of amides is 1. The molecule has 3 aliphatic rings. The van der Waals surface area contributed by atoms with Gasteiger partial charge in [0.25, 0.3) is 5.56 Å². The summed E-state index contributed by atoms with van der Waals surface area (Å²) in [7, 11) is 0. The van der Waals surface area contributed by atoms with E-state index in [4.69, 9.17) is 9.47 Å². The number of hydrogen-bond donors (Lipinski definition) is 1. The molecule has 0 spiro atoms. The van der Waals surface area contributed by atoms with E-state index in [2.05, 4.69) is 21.4 Å². The molecule has 1 aliphatic carbocycles. The van der Waals surface area contributed by atoms with Crippen molar-refractivity contribution in [3.63, 3.8) is 0 Å². The van der Waals surface area contributed by atoms with Crippen LogP contribution in [0.3, 0.4) is 0 Å². The summed E-state index contributed by atoms with van der Waals surface area (Å²) in [6.45, 7) is 1.00. The minimum atomic E-state index is -0.436. The van der Waals surface area contributed by atoms with Gasteiger partial charge in [0.15, 0.2) is 5.78 Å². The summed E-state index contributed by atoms with van der Waals surface area (Å²) in [5, 5.41) is 12.7. The monoisotopic (exact) mass is 500 g/mol. The average Bonchev–Trinajstić information content (AvgIpc) is 3.24. The van der Waals surface area contributed by atoms with E-state index in [1.807, 2.05) is 0 Å². The SMILES string of the molecule is N#Cc1ccc2ncc(=O)n(CCN[C@@H]3CC[C@@H]4[C@@H](C3)OC(=O)N4c3ccc4c(n3)CC(=O)CO4)c2c1. The molecular weight excluding hydrogens is 476 g/mol. The third-order valence-electron chi connectivity index (χ3n) is 7.20. The minimum absolute atomic E-state index is 0.0434. The van der Waals surface area contributed by atoms with Crippen molar-refractivity contribution in [3.05, 3.63) is 58.1 Å². The maximum absolute atomic E-state index is 12.8. The zero-order valence-electron chi connectivity index (χ0n) is 19.9. The average molecular weight is 501 g/mol. The Bertz CT molecular complexity index is 1510. The van der Waals surface area contributed by atoms with E-state index in [1.165, 1.54) is 6.20 Å². The molecule has 11 heteroatoms. The molecule has 1 saturated heterocycles. The van der Waals surface area contributed by atoms with Crippen molar-refractivity contribution < 1.29 is 19.1 Å². The lowest BCUT2D eigenvalue weighted by Crippen LogP contribution is -2.46. The van der Waals surface area contributed by atoms with E-state index in [9.17, 15) is 19.6 Å². The maximum Gasteiger partial charge on any atom is 0.416 e. The molecule has 0 unspecified atom stereocenters. The molecule has 188 valence electrons. The van der Waals surface area contributed by atoms with Crippen LogP contribution in [0, 0.1) is 11.3 Å². The second-order valence-electron chi connectivity index (χ2n) is 9.51. The number of rotatable bonds is 5. The molecule has 37 heavy (non-hydrogen) atoms. The quantitative estimate of drug-likeness (QED) is 0.554. The highest BCUT2D eigenvalue weighted by molar-refractivity contribution is 5.90. The van der Waals surface area contributed by atoms with Crippen molar-refractivity contribution in [2.24, 2.45) is 0 Å². The van der Waals surface area contributed by atoms with Gasteiger partial charge in [-0.3, -0.25) is 14.5 Å². The Morgan fingerprint density at radius 2 is 2.05 bits per heavy atom. The Morgan fingerprint density at radius 1 is 1.16 bits per heavy atom. The van der Waals surface area contributed by atoms with Crippen LogP contribution in [0.25, 0.3) is 11.0 Å². The first-order valence-electron chi connectivity index (χ1n) is 12.3. The molecule has 1 aromatic carbocycles. The number of Topliss-reactive ketones (excluding diaryl/α,β-unsaturated/α-hetero) is 1. The van der Waals surface area contributed by atoms with Crippen LogP contribution in [0.2, 0.25) is 0 Å². The van der Waals surface area contributed by atoms with Crippen molar-refractivity contribution >= 4 is 28.7 Å². The van der Waals surface area contributed by atoms with E-state index in [1.54, 1.807) is 39.8 Å². The van der Waals surface area contributed by atoms with Gasteiger partial charge in [0.1, 0.15) is 24.3 Å². The van der Waals surface area contributed by atoms with Gasteiger partial charge in [-0.1, -0.05) is 0 Å². The molecule has 3 aromatic rings. The number of benzene rings is 1. The second-order valence-corrected chi connectivity index (χ2v) is 9.51. The smallest absolute Gasteiger partial charge is 0.416 e. The summed E-state index contributed by atoms with van der Waals surface area (Å²) in [6.07, 6.45) is 2.97. The first-order valence-corrected chi connectivity index (χ1v) is 12.3. The van der Waals surface area contributed by atoms with E-state index >= 15 is 0 Å². The largest absolute Gasteiger partial charge is 0.484 e. The Balaban J connectivity index is 1.11. The zero-order valence-corrected chi connectivity index (χ0v) is 19.9. The summed E-state index contributed by atoms with van der Waals surface area (Å²) >= 11 is 0. The van der Waals surface area contributed by atoms with Crippen molar-refractivity contribution in [3.8, 4) is 11.8 Å². The maximum atomic E-state index is 12.8. The molecule has 6 rings (SSSR count). The normalized spacial score (nSPS) is 22.7. The third-order valence-corrected chi connectivity index (χ3v) is 7.20. The third kappa shape index (κ3) is 4.29. The number of pyridine rings is 1. The summed E-state index contributed by atoms with van der Waals surface area (Å²) in [4.78, 5) is 47.3. The molecule has 1 amide bonds. The molecule has 11 nitrogen and oxygen atoms in total. The second kappa shape index (κ2) is 9.29. The van der Waals surface area contributed by atoms with Crippen molar-refractivity contribution in [1.29, 1.82) is 5.26 Å². The molecule has 0 bridgehead atoms. The molecule has 0 radical (unpaired) electrons. The predicted molar refractivity (Wildman–Crippen MR) is 131 cm³/mol.